The lowest BCUT2D eigenvalue weighted by atomic mass is 10.2. The van der Waals surface area contributed by atoms with E-state index in [9.17, 15) is 4.79 Å². The van der Waals surface area contributed by atoms with Gasteiger partial charge in [0.05, 0.1) is 6.54 Å². The number of nitrogens with one attached hydrogen (secondary N) is 1. The van der Waals surface area contributed by atoms with Crippen molar-refractivity contribution in [2.75, 3.05) is 6.54 Å². The van der Waals surface area contributed by atoms with Crippen LogP contribution < -0.4 is 5.32 Å². The number of carboxylic acid groups (broad SMARTS) is 1. The second-order valence-electron chi connectivity index (χ2n) is 3.83. The molecule has 92 valence electrons. The molecule has 17 heavy (non-hydrogen) atoms. The van der Waals surface area contributed by atoms with Crippen molar-refractivity contribution in [2.24, 2.45) is 0 Å². The average Bonchev–Trinajstić information content (AvgIpc) is 2.65. The SMILES string of the molecule is C#CCCCCNCc1cc(C(=O)O)c(C)o1. The van der Waals surface area contributed by atoms with E-state index in [4.69, 9.17) is 15.9 Å². The molecule has 0 unspecified atom stereocenters. The summed E-state index contributed by atoms with van der Waals surface area (Å²) in [6, 6.07) is 1.56. The van der Waals surface area contributed by atoms with Gasteiger partial charge in [0.25, 0.3) is 0 Å². The van der Waals surface area contributed by atoms with Gasteiger partial charge in [-0.05, 0) is 32.4 Å². The number of carbonyl (C=O) groups is 1. The molecule has 0 bridgehead atoms. The summed E-state index contributed by atoms with van der Waals surface area (Å²) < 4.78 is 5.33. The van der Waals surface area contributed by atoms with Crippen molar-refractivity contribution in [3.05, 3.63) is 23.2 Å². The summed E-state index contributed by atoms with van der Waals surface area (Å²) in [4.78, 5) is 10.8. The van der Waals surface area contributed by atoms with Crippen molar-refractivity contribution in [1.82, 2.24) is 5.32 Å². The number of aryl methyl sites for hydroxylation is 1. The van der Waals surface area contributed by atoms with Crippen LogP contribution in [0.15, 0.2) is 10.5 Å². The minimum Gasteiger partial charge on any atom is -0.478 e. The zero-order chi connectivity index (χ0) is 12.7. The predicted octanol–water partition coefficient (Wildman–Crippen LogP) is 2.18. The zero-order valence-corrected chi connectivity index (χ0v) is 9.95. The van der Waals surface area contributed by atoms with E-state index in [1.54, 1.807) is 13.0 Å². The van der Waals surface area contributed by atoms with E-state index in [-0.39, 0.29) is 5.56 Å². The molecule has 0 aliphatic carbocycles. The highest BCUT2D eigenvalue weighted by atomic mass is 16.4. The summed E-state index contributed by atoms with van der Waals surface area (Å²) in [5.41, 5.74) is 0.231. The third-order valence-electron chi connectivity index (χ3n) is 2.42. The van der Waals surface area contributed by atoms with Crippen LogP contribution in [0.3, 0.4) is 0 Å². The van der Waals surface area contributed by atoms with Gasteiger partial charge in [-0.3, -0.25) is 0 Å². The quantitative estimate of drug-likeness (QED) is 0.561. The number of furan rings is 1. The smallest absolute Gasteiger partial charge is 0.339 e. The van der Waals surface area contributed by atoms with E-state index in [1.165, 1.54) is 0 Å². The molecular formula is C13H17NO3. The molecule has 1 aromatic rings. The highest BCUT2D eigenvalue weighted by Crippen LogP contribution is 2.14. The molecule has 4 heteroatoms. The Hall–Kier alpha value is -1.73. The van der Waals surface area contributed by atoms with Gasteiger partial charge in [0.2, 0.25) is 0 Å². The minimum absolute atomic E-state index is 0.231. The van der Waals surface area contributed by atoms with E-state index < -0.39 is 5.97 Å². The lowest BCUT2D eigenvalue weighted by Gasteiger charge is -2.00. The van der Waals surface area contributed by atoms with E-state index in [2.05, 4.69) is 11.2 Å². The average molecular weight is 235 g/mol. The van der Waals surface area contributed by atoms with Gasteiger partial charge in [-0.2, -0.15) is 0 Å². The van der Waals surface area contributed by atoms with Gasteiger partial charge < -0.3 is 14.8 Å². The van der Waals surface area contributed by atoms with Crippen molar-refractivity contribution in [2.45, 2.75) is 32.7 Å². The molecule has 0 aromatic carbocycles. The Morgan fingerprint density at radius 2 is 2.35 bits per heavy atom. The van der Waals surface area contributed by atoms with Gasteiger partial charge in [0.15, 0.2) is 0 Å². The Bertz CT molecular complexity index is 415. The Kier molecular flexibility index (Phi) is 5.31. The number of hydrogen-bond acceptors (Lipinski definition) is 3. The Morgan fingerprint density at radius 1 is 1.59 bits per heavy atom. The third-order valence-corrected chi connectivity index (χ3v) is 2.42. The van der Waals surface area contributed by atoms with Crippen molar-refractivity contribution < 1.29 is 14.3 Å². The fourth-order valence-electron chi connectivity index (χ4n) is 1.53. The fourth-order valence-corrected chi connectivity index (χ4v) is 1.53. The third kappa shape index (κ3) is 4.33. The molecule has 1 aromatic heterocycles. The second-order valence-corrected chi connectivity index (χ2v) is 3.83. The maximum atomic E-state index is 10.8. The molecule has 0 saturated heterocycles. The number of carboxylic acids is 1. The molecule has 0 spiro atoms. The van der Waals surface area contributed by atoms with Gasteiger partial charge in [-0.1, -0.05) is 0 Å². The molecule has 4 nitrogen and oxygen atoms in total. The molecule has 0 amide bonds. The fraction of sp³-hybridized carbons (Fsp3) is 0.462. The van der Waals surface area contributed by atoms with Crippen LogP contribution in [0, 0.1) is 19.3 Å². The lowest BCUT2D eigenvalue weighted by Crippen LogP contribution is -2.14. The van der Waals surface area contributed by atoms with Crippen LogP contribution in [-0.4, -0.2) is 17.6 Å². The lowest BCUT2D eigenvalue weighted by molar-refractivity contribution is 0.0695. The highest BCUT2D eigenvalue weighted by molar-refractivity contribution is 5.88. The summed E-state index contributed by atoms with van der Waals surface area (Å²) >= 11 is 0. The first-order valence-corrected chi connectivity index (χ1v) is 5.62. The van der Waals surface area contributed by atoms with Crippen LogP contribution in [0.4, 0.5) is 0 Å². The number of unbranched alkanes of at least 4 members (excludes halogenated alkanes) is 2. The summed E-state index contributed by atoms with van der Waals surface area (Å²) in [5.74, 6) is 2.73. The number of terminal acetylenes is 1. The van der Waals surface area contributed by atoms with E-state index in [0.717, 1.165) is 25.8 Å². The standard InChI is InChI=1S/C13H17NO3/c1-3-4-5-6-7-14-9-11-8-12(13(15)16)10(2)17-11/h1,8,14H,4-7,9H2,2H3,(H,15,16). The topological polar surface area (TPSA) is 62.5 Å². The Morgan fingerprint density at radius 3 is 2.94 bits per heavy atom. The summed E-state index contributed by atoms with van der Waals surface area (Å²) in [6.07, 6.45) is 7.95. The van der Waals surface area contributed by atoms with Gasteiger partial charge in [0.1, 0.15) is 17.1 Å². The van der Waals surface area contributed by atoms with Crippen molar-refractivity contribution in [3.8, 4) is 12.3 Å². The maximum absolute atomic E-state index is 10.8. The van der Waals surface area contributed by atoms with E-state index in [0.29, 0.717) is 18.1 Å². The molecular weight excluding hydrogens is 218 g/mol. The highest BCUT2D eigenvalue weighted by Gasteiger charge is 2.12. The molecule has 0 aliphatic rings. The monoisotopic (exact) mass is 235 g/mol. The Balaban J connectivity index is 2.30. The largest absolute Gasteiger partial charge is 0.478 e. The van der Waals surface area contributed by atoms with E-state index in [1.807, 2.05) is 0 Å². The minimum atomic E-state index is -0.952. The first kappa shape index (κ1) is 13.3. The summed E-state index contributed by atoms with van der Waals surface area (Å²) in [5, 5.41) is 12.0. The Labute approximate surface area is 101 Å². The molecule has 0 atom stereocenters. The van der Waals surface area contributed by atoms with Crippen molar-refractivity contribution in [3.63, 3.8) is 0 Å². The molecule has 2 N–H and O–H groups in total. The normalized spacial score (nSPS) is 10.1. The van der Waals surface area contributed by atoms with Crippen LogP contribution in [0.25, 0.3) is 0 Å². The first-order valence-electron chi connectivity index (χ1n) is 5.62. The van der Waals surface area contributed by atoms with Gasteiger partial charge >= 0.3 is 5.97 Å². The number of hydrogen-bond donors (Lipinski definition) is 2. The first-order chi connectivity index (χ1) is 8.15. The van der Waals surface area contributed by atoms with Crippen molar-refractivity contribution in [1.29, 1.82) is 0 Å². The van der Waals surface area contributed by atoms with E-state index >= 15 is 0 Å². The molecule has 0 radical (unpaired) electrons. The predicted molar refractivity (Wildman–Crippen MR) is 64.8 cm³/mol. The summed E-state index contributed by atoms with van der Waals surface area (Å²) in [7, 11) is 0. The maximum Gasteiger partial charge on any atom is 0.339 e. The van der Waals surface area contributed by atoms with Gasteiger partial charge in [0, 0.05) is 6.42 Å². The number of aromatic carboxylic acids is 1. The van der Waals surface area contributed by atoms with Crippen molar-refractivity contribution >= 4 is 5.97 Å². The number of rotatable bonds is 7. The van der Waals surface area contributed by atoms with Crippen LogP contribution in [-0.2, 0) is 6.54 Å². The van der Waals surface area contributed by atoms with Crippen LogP contribution >= 0.6 is 0 Å². The molecule has 0 saturated carbocycles. The molecule has 1 heterocycles. The van der Waals surface area contributed by atoms with Crippen LogP contribution in [0.1, 0.15) is 41.1 Å². The van der Waals surface area contributed by atoms with Crippen LogP contribution in [0.5, 0.6) is 0 Å². The summed E-state index contributed by atoms with van der Waals surface area (Å²) in [6.45, 7) is 3.05. The van der Waals surface area contributed by atoms with Crippen LogP contribution in [0.2, 0.25) is 0 Å². The molecule has 0 aliphatic heterocycles. The molecule has 0 fully saturated rings. The zero-order valence-electron chi connectivity index (χ0n) is 9.95. The molecule has 1 rings (SSSR count). The second kappa shape index (κ2) is 6.77. The van der Waals surface area contributed by atoms with Gasteiger partial charge in [-0.15, -0.1) is 12.3 Å². The van der Waals surface area contributed by atoms with Gasteiger partial charge in [-0.25, -0.2) is 4.79 Å².